The number of carbonyl (C=O) groups is 3. The first-order valence-electron chi connectivity index (χ1n) is 9.85. The number of nitrogens with two attached hydrogens (primary N) is 1. The summed E-state index contributed by atoms with van der Waals surface area (Å²) in [5.41, 5.74) is 6.02. The number of likely N-dealkylation sites (tertiary alicyclic amines) is 1. The first-order chi connectivity index (χ1) is 13.5. The Labute approximate surface area is 163 Å². The van der Waals surface area contributed by atoms with Crippen molar-refractivity contribution in [3.05, 3.63) is 29.8 Å². The molecule has 28 heavy (non-hydrogen) atoms. The SMILES string of the molecule is NC(=O)CCN1OC2C(=O)N(C3CCCCC3)C(=O)C2C1c1ccc(O)cc1. The molecule has 0 aromatic heterocycles. The molecule has 1 saturated carbocycles. The lowest BCUT2D eigenvalue weighted by Gasteiger charge is -2.32. The third-order valence-corrected chi connectivity index (χ3v) is 5.98. The third kappa shape index (κ3) is 3.27. The third-order valence-electron chi connectivity index (χ3n) is 5.98. The zero-order chi connectivity index (χ0) is 19.8. The molecule has 0 radical (unpaired) electrons. The molecular weight excluding hydrogens is 362 g/mol. The van der Waals surface area contributed by atoms with E-state index in [1.165, 1.54) is 22.1 Å². The van der Waals surface area contributed by atoms with Gasteiger partial charge in [0.25, 0.3) is 5.91 Å². The minimum Gasteiger partial charge on any atom is -0.508 e. The molecule has 2 aliphatic heterocycles. The van der Waals surface area contributed by atoms with E-state index in [1.807, 2.05) is 0 Å². The molecule has 2 saturated heterocycles. The highest BCUT2D eigenvalue weighted by molar-refractivity contribution is 6.07. The van der Waals surface area contributed by atoms with Crippen molar-refractivity contribution in [2.75, 3.05) is 6.54 Å². The van der Waals surface area contributed by atoms with Gasteiger partial charge < -0.3 is 10.8 Å². The van der Waals surface area contributed by atoms with E-state index in [0.29, 0.717) is 0 Å². The van der Waals surface area contributed by atoms with E-state index < -0.39 is 24.0 Å². The van der Waals surface area contributed by atoms with Crippen LogP contribution in [0.25, 0.3) is 0 Å². The Morgan fingerprint density at radius 3 is 2.43 bits per heavy atom. The van der Waals surface area contributed by atoms with Crippen molar-refractivity contribution in [3.63, 3.8) is 0 Å². The number of primary amides is 1. The van der Waals surface area contributed by atoms with Crippen molar-refractivity contribution in [2.45, 2.75) is 56.7 Å². The molecule has 3 fully saturated rings. The Balaban J connectivity index is 1.64. The van der Waals surface area contributed by atoms with Crippen LogP contribution in [0.4, 0.5) is 0 Å². The molecule has 1 aliphatic carbocycles. The Bertz CT molecular complexity index is 775. The number of fused-ring (bicyclic) bond motifs is 1. The zero-order valence-corrected chi connectivity index (χ0v) is 15.6. The summed E-state index contributed by atoms with van der Waals surface area (Å²) in [5, 5.41) is 11.1. The lowest BCUT2D eigenvalue weighted by molar-refractivity contribution is -0.181. The number of phenols is 1. The molecule has 1 aromatic carbocycles. The van der Waals surface area contributed by atoms with Crippen molar-refractivity contribution in [1.29, 1.82) is 0 Å². The van der Waals surface area contributed by atoms with Gasteiger partial charge in [0, 0.05) is 19.0 Å². The monoisotopic (exact) mass is 387 g/mol. The number of phenolic OH excluding ortho intramolecular Hbond substituents is 1. The standard InChI is InChI=1S/C20H25N3O5/c21-15(25)10-11-22-17(12-6-8-14(24)9-7-12)16-18(28-22)20(27)23(19(16)26)13-4-2-1-3-5-13/h6-9,13,16-18,24H,1-5,10-11H2,(H2,21,25). The van der Waals surface area contributed by atoms with Gasteiger partial charge >= 0.3 is 0 Å². The van der Waals surface area contributed by atoms with E-state index >= 15 is 0 Å². The molecule has 3 unspecified atom stereocenters. The number of aromatic hydroxyl groups is 1. The van der Waals surface area contributed by atoms with Gasteiger partial charge in [-0.3, -0.25) is 24.1 Å². The second-order valence-corrected chi connectivity index (χ2v) is 7.78. The highest BCUT2D eigenvalue weighted by Gasteiger charge is 2.60. The summed E-state index contributed by atoms with van der Waals surface area (Å²) in [4.78, 5) is 44.9. The lowest BCUT2D eigenvalue weighted by Crippen LogP contribution is -2.44. The lowest BCUT2D eigenvalue weighted by atomic mass is 9.90. The number of imide groups is 1. The summed E-state index contributed by atoms with van der Waals surface area (Å²) in [6.45, 7) is 0.192. The van der Waals surface area contributed by atoms with E-state index in [-0.39, 0.29) is 36.6 Å². The van der Waals surface area contributed by atoms with Crippen LogP contribution in [0, 0.1) is 5.92 Å². The van der Waals surface area contributed by atoms with Gasteiger partial charge in [-0.25, -0.2) is 0 Å². The van der Waals surface area contributed by atoms with Crippen molar-refractivity contribution < 1.29 is 24.3 Å². The maximum Gasteiger partial charge on any atom is 0.261 e. The summed E-state index contributed by atoms with van der Waals surface area (Å²) in [6, 6.07) is 5.94. The van der Waals surface area contributed by atoms with Crippen LogP contribution in [0.5, 0.6) is 5.75 Å². The molecule has 8 heteroatoms. The van der Waals surface area contributed by atoms with Gasteiger partial charge in [-0.05, 0) is 30.5 Å². The maximum atomic E-state index is 13.3. The van der Waals surface area contributed by atoms with Gasteiger partial charge in [-0.15, -0.1) is 0 Å². The maximum absolute atomic E-state index is 13.3. The summed E-state index contributed by atoms with van der Waals surface area (Å²) in [6.07, 6.45) is 4.03. The second-order valence-electron chi connectivity index (χ2n) is 7.78. The average molecular weight is 387 g/mol. The molecular formula is C20H25N3O5. The summed E-state index contributed by atoms with van der Waals surface area (Å²) >= 11 is 0. The van der Waals surface area contributed by atoms with Gasteiger partial charge in [0.15, 0.2) is 6.10 Å². The van der Waals surface area contributed by atoms with Crippen molar-refractivity contribution >= 4 is 17.7 Å². The minimum absolute atomic E-state index is 0.0533. The summed E-state index contributed by atoms with van der Waals surface area (Å²) in [7, 11) is 0. The molecule has 3 atom stereocenters. The highest BCUT2D eigenvalue weighted by Crippen LogP contribution is 2.46. The molecule has 3 aliphatic rings. The Morgan fingerprint density at radius 2 is 1.79 bits per heavy atom. The van der Waals surface area contributed by atoms with Gasteiger partial charge in [-0.1, -0.05) is 31.4 Å². The van der Waals surface area contributed by atoms with E-state index in [9.17, 15) is 19.5 Å². The first-order valence-corrected chi connectivity index (χ1v) is 9.85. The van der Waals surface area contributed by atoms with Crippen LogP contribution >= 0.6 is 0 Å². The van der Waals surface area contributed by atoms with Gasteiger partial charge in [0.1, 0.15) is 5.75 Å². The topological polar surface area (TPSA) is 113 Å². The van der Waals surface area contributed by atoms with Crippen LogP contribution in [0.1, 0.15) is 50.1 Å². The van der Waals surface area contributed by atoms with Crippen LogP contribution in [-0.4, -0.2) is 51.5 Å². The largest absolute Gasteiger partial charge is 0.508 e. The molecule has 0 bridgehead atoms. The van der Waals surface area contributed by atoms with Gasteiger partial charge in [-0.2, -0.15) is 5.06 Å². The molecule has 3 amide bonds. The Morgan fingerprint density at radius 1 is 1.11 bits per heavy atom. The predicted molar refractivity (Wildman–Crippen MR) is 98.5 cm³/mol. The fourth-order valence-corrected chi connectivity index (χ4v) is 4.65. The number of hydroxylamine groups is 2. The van der Waals surface area contributed by atoms with E-state index in [1.54, 1.807) is 12.1 Å². The molecule has 1 aromatic rings. The highest BCUT2D eigenvalue weighted by atomic mass is 16.7. The number of amides is 3. The second kappa shape index (κ2) is 7.52. The predicted octanol–water partition coefficient (Wildman–Crippen LogP) is 1.24. The number of nitrogens with zero attached hydrogens (tertiary/aromatic N) is 2. The fraction of sp³-hybridized carbons (Fsp3) is 0.550. The molecule has 2 heterocycles. The molecule has 3 N–H and O–H groups in total. The van der Waals surface area contributed by atoms with Crippen LogP contribution < -0.4 is 5.73 Å². The number of rotatable bonds is 5. The van der Waals surface area contributed by atoms with Crippen molar-refractivity contribution in [3.8, 4) is 5.75 Å². The van der Waals surface area contributed by atoms with Crippen molar-refractivity contribution in [2.24, 2.45) is 11.7 Å². The number of hydrogen-bond donors (Lipinski definition) is 2. The van der Waals surface area contributed by atoms with E-state index in [0.717, 1.165) is 37.7 Å². The summed E-state index contributed by atoms with van der Waals surface area (Å²) in [5.74, 6) is -1.52. The van der Waals surface area contributed by atoms with Crippen LogP contribution in [-0.2, 0) is 19.2 Å². The molecule has 150 valence electrons. The Hall–Kier alpha value is -2.45. The van der Waals surface area contributed by atoms with E-state index in [4.69, 9.17) is 10.6 Å². The van der Waals surface area contributed by atoms with Gasteiger partial charge in [0.2, 0.25) is 11.8 Å². The van der Waals surface area contributed by atoms with Crippen LogP contribution in [0.3, 0.4) is 0 Å². The zero-order valence-electron chi connectivity index (χ0n) is 15.6. The summed E-state index contributed by atoms with van der Waals surface area (Å²) < 4.78 is 0. The molecule has 0 spiro atoms. The smallest absolute Gasteiger partial charge is 0.261 e. The Kier molecular flexibility index (Phi) is 5.07. The van der Waals surface area contributed by atoms with Gasteiger partial charge in [0.05, 0.1) is 12.0 Å². The molecule has 8 nitrogen and oxygen atoms in total. The van der Waals surface area contributed by atoms with Crippen LogP contribution in [0.2, 0.25) is 0 Å². The first kappa shape index (κ1) is 18.9. The number of benzene rings is 1. The van der Waals surface area contributed by atoms with E-state index in [2.05, 4.69) is 0 Å². The quantitative estimate of drug-likeness (QED) is 0.735. The number of carbonyl (C=O) groups excluding carboxylic acids is 3. The minimum atomic E-state index is -0.874. The number of hydrogen-bond acceptors (Lipinski definition) is 6. The van der Waals surface area contributed by atoms with Crippen molar-refractivity contribution in [1.82, 2.24) is 9.96 Å². The normalized spacial score (nSPS) is 28.7. The average Bonchev–Trinajstić information content (AvgIpc) is 3.17. The molecule has 4 rings (SSSR count). The van der Waals surface area contributed by atoms with Crippen LogP contribution in [0.15, 0.2) is 24.3 Å². The fourth-order valence-electron chi connectivity index (χ4n) is 4.65.